The van der Waals surface area contributed by atoms with Crippen molar-refractivity contribution in [1.82, 2.24) is 0 Å². The Hall–Kier alpha value is -1.55. The van der Waals surface area contributed by atoms with Crippen LogP contribution in [0.2, 0.25) is 0 Å². The fourth-order valence-corrected chi connectivity index (χ4v) is 0.332. The molecular weight excluding hydrogens is 226 g/mol. The number of oxime groups is 1. The zero-order valence-corrected chi connectivity index (χ0v) is 5.89. The first-order valence-corrected chi connectivity index (χ1v) is 2.57. The highest BCUT2D eigenvalue weighted by atomic mass is 19.4. The molecule has 0 N–H and O–H groups in total. The molecule has 0 aromatic rings. The average molecular weight is 226 g/mol. The summed E-state index contributed by atoms with van der Waals surface area (Å²) in [5.41, 5.74) is -3.20. The van der Waals surface area contributed by atoms with Crippen molar-refractivity contribution in [2.24, 2.45) is 10.5 Å². The maximum atomic E-state index is 11.5. The van der Waals surface area contributed by atoms with Crippen LogP contribution in [-0.4, -0.2) is 18.1 Å². The number of alkyl halides is 6. The Bertz CT molecular complexity index is 215. The van der Waals surface area contributed by atoms with E-state index in [1.807, 2.05) is 0 Å². The highest BCUT2D eigenvalue weighted by Crippen LogP contribution is 2.30. The third-order valence-corrected chi connectivity index (χ3v) is 0.729. The van der Waals surface area contributed by atoms with Crippen LogP contribution in [0.15, 0.2) is 10.5 Å². The van der Waals surface area contributed by atoms with E-state index in [0.29, 0.717) is 0 Å². The van der Waals surface area contributed by atoms with Crippen LogP contribution in [0.5, 0.6) is 0 Å². The van der Waals surface area contributed by atoms with Crippen molar-refractivity contribution < 1.29 is 36.3 Å². The Morgan fingerprint density at radius 1 is 0.929 bits per heavy atom. The van der Waals surface area contributed by atoms with Gasteiger partial charge in [-0.05, 0) is 5.16 Å². The Morgan fingerprint density at radius 2 is 1.36 bits per heavy atom. The molecule has 11 heteroatoms. The smallest absolute Gasteiger partial charge is 0.164 e. The predicted octanol–water partition coefficient (Wildman–Crippen LogP) is 2.10. The molecule has 0 aromatic carbocycles. The summed E-state index contributed by atoms with van der Waals surface area (Å²) in [6.07, 6.45) is -11.5. The molecule has 0 aliphatic rings. The Balaban J connectivity index is 4.74. The van der Waals surface area contributed by atoms with Gasteiger partial charge in [0, 0.05) is 0 Å². The van der Waals surface area contributed by atoms with E-state index < -0.39 is 18.1 Å². The van der Waals surface area contributed by atoms with Crippen molar-refractivity contribution in [2.75, 3.05) is 0 Å². The third-order valence-electron chi connectivity index (χ3n) is 0.729. The van der Waals surface area contributed by atoms with Gasteiger partial charge >= 0.3 is 12.4 Å². The normalized spacial score (nSPS) is 11.9. The van der Waals surface area contributed by atoms with Gasteiger partial charge in [-0.15, -0.1) is 14.9 Å². The Labute approximate surface area is 71.1 Å². The molecule has 0 aliphatic heterocycles. The minimum atomic E-state index is -5.77. The Morgan fingerprint density at radius 3 is 1.64 bits per heavy atom. The third kappa shape index (κ3) is 3.91. The first kappa shape index (κ1) is 12.4. The summed E-state index contributed by atoms with van der Waals surface area (Å²) in [4.78, 5) is 14.8. The fraction of sp³-hybridized carbons (Fsp3) is 0.667. The van der Waals surface area contributed by atoms with E-state index >= 15 is 0 Å². The van der Waals surface area contributed by atoms with Crippen LogP contribution in [0.4, 0.5) is 26.3 Å². The van der Waals surface area contributed by atoms with E-state index in [1.54, 1.807) is 0 Å². The van der Waals surface area contributed by atoms with Crippen molar-refractivity contribution in [1.29, 1.82) is 0 Å². The van der Waals surface area contributed by atoms with Crippen molar-refractivity contribution in [2.45, 2.75) is 12.4 Å². The van der Waals surface area contributed by atoms with Gasteiger partial charge in [0.15, 0.2) is 0 Å². The van der Waals surface area contributed by atoms with Crippen molar-refractivity contribution in [3.63, 3.8) is 0 Å². The van der Waals surface area contributed by atoms with Crippen LogP contribution >= 0.6 is 0 Å². The SMILES string of the molecule is O=NOON=C(C(F)(F)F)C(F)(F)F. The minimum absolute atomic E-state index is 1.36. The molecule has 5 nitrogen and oxygen atoms in total. The van der Waals surface area contributed by atoms with Crippen LogP contribution in [-0.2, 0) is 9.98 Å². The first-order chi connectivity index (χ1) is 6.19. The summed E-state index contributed by atoms with van der Waals surface area (Å²) < 4.78 is 69.3. The van der Waals surface area contributed by atoms with E-state index in [2.05, 4.69) is 9.98 Å². The van der Waals surface area contributed by atoms with Gasteiger partial charge < -0.3 is 0 Å². The molecule has 82 valence electrons. The van der Waals surface area contributed by atoms with Crippen LogP contribution < -0.4 is 0 Å². The van der Waals surface area contributed by atoms with Gasteiger partial charge in [-0.3, -0.25) is 0 Å². The summed E-state index contributed by atoms with van der Waals surface area (Å²) in [6.45, 7) is 0. The van der Waals surface area contributed by atoms with Gasteiger partial charge in [0.25, 0.3) is 5.71 Å². The molecule has 0 amide bonds. The van der Waals surface area contributed by atoms with Gasteiger partial charge in [-0.25, -0.2) is 0 Å². The highest BCUT2D eigenvalue weighted by molar-refractivity contribution is 5.94. The van der Waals surface area contributed by atoms with E-state index in [4.69, 9.17) is 4.91 Å². The molecular formula is C3F6N2O3. The lowest BCUT2D eigenvalue weighted by Crippen LogP contribution is -2.37. The molecule has 0 rings (SSSR count). The molecule has 14 heavy (non-hydrogen) atoms. The van der Waals surface area contributed by atoms with Crippen molar-refractivity contribution in [3.8, 4) is 0 Å². The van der Waals surface area contributed by atoms with E-state index in [0.717, 1.165) is 0 Å². The van der Waals surface area contributed by atoms with Crippen LogP contribution in [0, 0.1) is 4.91 Å². The zero-order chi connectivity index (χ0) is 11.4. The number of hydrogen-bond acceptors (Lipinski definition) is 5. The maximum absolute atomic E-state index is 11.5. The number of rotatable bonds is 3. The lowest BCUT2D eigenvalue weighted by molar-refractivity contribution is -0.302. The molecule has 0 saturated heterocycles. The van der Waals surface area contributed by atoms with Gasteiger partial charge in [0.1, 0.15) is 0 Å². The predicted molar refractivity (Wildman–Crippen MR) is 27.5 cm³/mol. The summed E-state index contributed by atoms with van der Waals surface area (Å²) in [7, 11) is 0. The van der Waals surface area contributed by atoms with Crippen LogP contribution in [0.3, 0.4) is 0 Å². The molecule has 0 radical (unpaired) electrons. The molecule has 0 heterocycles. The molecule has 0 saturated carbocycles. The monoisotopic (exact) mass is 226 g/mol. The summed E-state index contributed by atoms with van der Waals surface area (Å²) in [5.74, 6) is 0. The minimum Gasteiger partial charge on any atom is -0.164 e. The number of nitrogens with zero attached hydrogens (tertiary/aromatic N) is 2. The zero-order valence-electron chi connectivity index (χ0n) is 5.89. The molecule has 0 fully saturated rings. The molecule has 0 atom stereocenters. The summed E-state index contributed by atoms with van der Waals surface area (Å²) in [6, 6.07) is 0. The fourth-order valence-electron chi connectivity index (χ4n) is 0.332. The molecule has 0 unspecified atom stereocenters. The molecule has 0 spiro atoms. The summed E-state index contributed by atoms with van der Waals surface area (Å²) in [5, 5.41) is 2.86. The standard InChI is InChI=1S/C3F6N2O3/c4-2(5,6)1(3(7,8)9)10-13-14-11-12. The van der Waals surface area contributed by atoms with Crippen LogP contribution in [0.25, 0.3) is 0 Å². The lowest BCUT2D eigenvalue weighted by Gasteiger charge is -2.10. The van der Waals surface area contributed by atoms with Crippen molar-refractivity contribution in [3.05, 3.63) is 4.91 Å². The lowest BCUT2D eigenvalue weighted by atomic mass is 10.3. The maximum Gasteiger partial charge on any atom is 0.441 e. The van der Waals surface area contributed by atoms with Gasteiger partial charge in [-0.2, -0.15) is 26.3 Å². The van der Waals surface area contributed by atoms with E-state index in [9.17, 15) is 26.3 Å². The second kappa shape index (κ2) is 4.11. The van der Waals surface area contributed by atoms with Crippen LogP contribution in [0.1, 0.15) is 0 Å². The van der Waals surface area contributed by atoms with Gasteiger partial charge in [0.2, 0.25) is 5.34 Å². The first-order valence-electron chi connectivity index (χ1n) is 2.57. The Kier molecular flexibility index (Phi) is 3.65. The highest BCUT2D eigenvalue weighted by Gasteiger charge is 2.54. The molecule has 0 bridgehead atoms. The molecule has 0 aliphatic carbocycles. The largest absolute Gasteiger partial charge is 0.441 e. The average Bonchev–Trinajstić information content (AvgIpc) is 1.92. The van der Waals surface area contributed by atoms with Crippen molar-refractivity contribution >= 4 is 5.71 Å². The second-order valence-electron chi connectivity index (χ2n) is 1.66. The topological polar surface area (TPSA) is 60.2 Å². The van der Waals surface area contributed by atoms with E-state index in [1.165, 1.54) is 10.5 Å². The van der Waals surface area contributed by atoms with Gasteiger partial charge in [-0.1, -0.05) is 0 Å². The van der Waals surface area contributed by atoms with E-state index in [-0.39, 0.29) is 0 Å². The number of halogens is 6. The quantitative estimate of drug-likeness (QED) is 0.185. The number of hydrogen-bond donors (Lipinski definition) is 0. The molecule has 0 aromatic heterocycles. The summed E-state index contributed by atoms with van der Waals surface area (Å²) >= 11 is 0. The van der Waals surface area contributed by atoms with Gasteiger partial charge in [0.05, 0.1) is 0 Å². The second-order valence-corrected chi connectivity index (χ2v) is 1.66.